The zero-order valence-corrected chi connectivity index (χ0v) is 22.2. The minimum atomic E-state index is -0.384. The van der Waals surface area contributed by atoms with Crippen LogP contribution in [0.25, 0.3) is 17.3 Å². The summed E-state index contributed by atoms with van der Waals surface area (Å²) in [5.41, 5.74) is 3.74. The third-order valence-corrected chi connectivity index (χ3v) is 7.41. The summed E-state index contributed by atoms with van der Waals surface area (Å²) in [4.78, 5) is 45.9. The Morgan fingerprint density at radius 3 is 2.66 bits per heavy atom. The number of carbonyl (C=O) groups excluding carboxylic acids is 2. The van der Waals surface area contributed by atoms with E-state index in [1.54, 1.807) is 18.3 Å². The monoisotopic (exact) mass is 530 g/mol. The van der Waals surface area contributed by atoms with Gasteiger partial charge in [0.05, 0.1) is 16.3 Å². The summed E-state index contributed by atoms with van der Waals surface area (Å²) in [7, 11) is 3.96. The van der Waals surface area contributed by atoms with Crippen LogP contribution in [0.1, 0.15) is 24.1 Å². The number of pyridine rings is 2. The molecule has 0 saturated carbocycles. The zero-order valence-electron chi connectivity index (χ0n) is 21.4. The summed E-state index contributed by atoms with van der Waals surface area (Å²) in [6.07, 6.45) is 9.09. The molecule has 0 aromatic carbocycles. The van der Waals surface area contributed by atoms with Crippen molar-refractivity contribution in [3.8, 4) is 11.3 Å². The standard InChI is InChI=1S/C27H30N8O2S/c1-34(2)23-6-5-20(17-31-23)24-19(4-3-10-29-24)16-28-15-18-8-12-35(13-9-18)26-30-11-7-21(32-26)14-22-25(36)33-27(37)38-22/h3-7,10-11,14,17-18,28H,8-9,12-13,15-16H2,1-2H3,(H,33,36,37). The number of nitrogens with zero attached hydrogens (tertiary/aromatic N) is 6. The van der Waals surface area contributed by atoms with Gasteiger partial charge in [0.15, 0.2) is 0 Å². The topological polar surface area (TPSA) is 116 Å². The molecule has 2 aliphatic heterocycles. The van der Waals surface area contributed by atoms with Crippen LogP contribution >= 0.6 is 11.8 Å². The highest BCUT2D eigenvalue weighted by Gasteiger charge is 2.26. The molecule has 2 aliphatic rings. The Bertz CT molecular complexity index is 1340. The lowest BCUT2D eigenvalue weighted by Crippen LogP contribution is -2.38. The van der Waals surface area contributed by atoms with Crippen molar-refractivity contribution in [2.45, 2.75) is 19.4 Å². The highest BCUT2D eigenvalue weighted by molar-refractivity contribution is 8.18. The number of nitrogens with one attached hydrogen (secondary N) is 2. The quantitative estimate of drug-likeness (QED) is 0.420. The van der Waals surface area contributed by atoms with Gasteiger partial charge in [-0.1, -0.05) is 6.07 Å². The normalized spacial score (nSPS) is 17.2. The predicted octanol–water partition coefficient (Wildman–Crippen LogP) is 3.33. The maximum absolute atomic E-state index is 11.8. The molecule has 2 fully saturated rings. The molecule has 11 heteroatoms. The first kappa shape index (κ1) is 25.8. The second-order valence-electron chi connectivity index (χ2n) is 9.51. The first-order chi connectivity index (χ1) is 18.5. The average Bonchev–Trinajstić information content (AvgIpc) is 3.25. The molecule has 196 valence electrons. The van der Waals surface area contributed by atoms with Gasteiger partial charge in [0, 0.05) is 57.9 Å². The van der Waals surface area contributed by atoms with Crippen LogP contribution in [0.2, 0.25) is 0 Å². The van der Waals surface area contributed by atoms with E-state index in [0.717, 1.165) is 73.4 Å². The minimum absolute atomic E-state index is 0.350. The highest BCUT2D eigenvalue weighted by atomic mass is 32.2. The smallest absolute Gasteiger partial charge is 0.290 e. The summed E-state index contributed by atoms with van der Waals surface area (Å²) < 4.78 is 0. The number of aromatic nitrogens is 4. The van der Waals surface area contributed by atoms with Gasteiger partial charge in [0.1, 0.15) is 5.82 Å². The number of rotatable bonds is 8. The SMILES string of the molecule is CN(C)c1ccc(-c2ncccc2CNCC2CCN(c3nccc(C=C4SC(=O)NC4=O)n3)CC2)cn1. The van der Waals surface area contributed by atoms with E-state index in [2.05, 4.69) is 47.6 Å². The predicted molar refractivity (Wildman–Crippen MR) is 150 cm³/mol. The Balaban J connectivity index is 1.13. The molecule has 2 amide bonds. The fraction of sp³-hybridized carbons (Fsp3) is 0.333. The van der Waals surface area contributed by atoms with Crippen molar-refractivity contribution in [3.05, 3.63) is 65.1 Å². The van der Waals surface area contributed by atoms with E-state index in [-0.39, 0.29) is 11.1 Å². The molecule has 2 N–H and O–H groups in total. The Morgan fingerprint density at radius 2 is 1.95 bits per heavy atom. The van der Waals surface area contributed by atoms with Gasteiger partial charge in [0.25, 0.3) is 11.1 Å². The van der Waals surface area contributed by atoms with Crippen molar-refractivity contribution in [2.75, 3.05) is 43.5 Å². The number of carbonyl (C=O) groups is 2. The van der Waals surface area contributed by atoms with Crippen LogP contribution in [0.15, 0.2) is 53.8 Å². The third kappa shape index (κ3) is 6.17. The minimum Gasteiger partial charge on any atom is -0.363 e. The second-order valence-corrected chi connectivity index (χ2v) is 10.5. The van der Waals surface area contributed by atoms with Crippen LogP contribution in [0.5, 0.6) is 0 Å². The van der Waals surface area contributed by atoms with E-state index in [4.69, 9.17) is 0 Å². The number of amides is 2. The van der Waals surface area contributed by atoms with Gasteiger partial charge in [-0.25, -0.2) is 15.0 Å². The van der Waals surface area contributed by atoms with Crippen molar-refractivity contribution in [2.24, 2.45) is 5.92 Å². The van der Waals surface area contributed by atoms with Gasteiger partial charge < -0.3 is 15.1 Å². The molecular formula is C27H30N8O2S. The maximum atomic E-state index is 11.8. The summed E-state index contributed by atoms with van der Waals surface area (Å²) in [6.45, 7) is 3.39. The van der Waals surface area contributed by atoms with Gasteiger partial charge >= 0.3 is 0 Å². The Hall–Kier alpha value is -3.83. The molecule has 0 aliphatic carbocycles. The van der Waals surface area contributed by atoms with E-state index in [9.17, 15) is 9.59 Å². The van der Waals surface area contributed by atoms with Gasteiger partial charge in [-0.2, -0.15) is 0 Å². The number of hydrogen-bond acceptors (Lipinski definition) is 10. The van der Waals surface area contributed by atoms with Crippen LogP contribution in [0.4, 0.5) is 16.6 Å². The van der Waals surface area contributed by atoms with Crippen LogP contribution < -0.4 is 20.4 Å². The number of anilines is 2. The van der Waals surface area contributed by atoms with E-state index in [1.165, 1.54) is 0 Å². The molecule has 5 heterocycles. The molecule has 0 radical (unpaired) electrons. The molecule has 0 bridgehead atoms. The fourth-order valence-corrected chi connectivity index (χ4v) is 5.20. The zero-order chi connectivity index (χ0) is 26.5. The first-order valence-electron chi connectivity index (χ1n) is 12.6. The summed E-state index contributed by atoms with van der Waals surface area (Å²) >= 11 is 0.889. The van der Waals surface area contributed by atoms with Gasteiger partial charge in [0.2, 0.25) is 5.95 Å². The third-order valence-electron chi connectivity index (χ3n) is 6.60. The lowest BCUT2D eigenvalue weighted by atomic mass is 9.97. The van der Waals surface area contributed by atoms with Crippen molar-refractivity contribution in [1.29, 1.82) is 0 Å². The Kier molecular flexibility index (Phi) is 7.94. The van der Waals surface area contributed by atoms with E-state index >= 15 is 0 Å². The number of piperidine rings is 1. The van der Waals surface area contributed by atoms with Gasteiger partial charge in [-0.15, -0.1) is 0 Å². The van der Waals surface area contributed by atoms with Gasteiger partial charge in [-0.3, -0.25) is 19.9 Å². The molecule has 0 spiro atoms. The summed E-state index contributed by atoms with van der Waals surface area (Å²) in [5.74, 6) is 1.74. The van der Waals surface area contributed by atoms with E-state index in [0.29, 0.717) is 22.5 Å². The van der Waals surface area contributed by atoms with Crippen molar-refractivity contribution in [1.82, 2.24) is 30.6 Å². The van der Waals surface area contributed by atoms with Crippen molar-refractivity contribution < 1.29 is 9.59 Å². The molecule has 38 heavy (non-hydrogen) atoms. The van der Waals surface area contributed by atoms with Crippen molar-refractivity contribution in [3.63, 3.8) is 0 Å². The molecule has 0 atom stereocenters. The van der Waals surface area contributed by atoms with Crippen LogP contribution in [0.3, 0.4) is 0 Å². The molecule has 0 unspecified atom stereocenters. The first-order valence-corrected chi connectivity index (χ1v) is 13.4. The molecule has 2 saturated heterocycles. The van der Waals surface area contributed by atoms with Crippen LogP contribution in [-0.4, -0.2) is 64.8 Å². The van der Waals surface area contributed by atoms with E-state index < -0.39 is 0 Å². The molecule has 5 rings (SSSR count). The number of imide groups is 1. The number of thioether (sulfide) groups is 1. The van der Waals surface area contributed by atoms with Crippen LogP contribution in [0, 0.1) is 5.92 Å². The molecule has 10 nitrogen and oxygen atoms in total. The summed E-state index contributed by atoms with van der Waals surface area (Å²) in [5, 5.41) is 5.53. The van der Waals surface area contributed by atoms with Crippen molar-refractivity contribution >= 4 is 40.8 Å². The maximum Gasteiger partial charge on any atom is 0.290 e. The molecule has 3 aromatic heterocycles. The lowest BCUT2D eigenvalue weighted by molar-refractivity contribution is -0.115. The number of hydrogen-bond donors (Lipinski definition) is 2. The fourth-order valence-electron chi connectivity index (χ4n) is 4.53. The average molecular weight is 531 g/mol. The second kappa shape index (κ2) is 11.7. The van der Waals surface area contributed by atoms with Crippen LogP contribution in [-0.2, 0) is 11.3 Å². The summed E-state index contributed by atoms with van der Waals surface area (Å²) in [6, 6.07) is 9.90. The molecular weight excluding hydrogens is 500 g/mol. The largest absolute Gasteiger partial charge is 0.363 e. The Morgan fingerprint density at radius 1 is 1.11 bits per heavy atom. The van der Waals surface area contributed by atoms with Gasteiger partial charge in [-0.05, 0) is 73.0 Å². The highest BCUT2D eigenvalue weighted by Crippen LogP contribution is 2.26. The lowest BCUT2D eigenvalue weighted by Gasteiger charge is -2.32. The van der Waals surface area contributed by atoms with E-state index in [1.807, 2.05) is 43.5 Å². The molecule has 3 aromatic rings. The Labute approximate surface area is 226 Å².